The number of benzene rings is 1. The largest absolute Gasteiger partial charge is 0.394 e. The minimum Gasteiger partial charge on any atom is -0.394 e. The molecule has 0 radical (unpaired) electrons. The highest BCUT2D eigenvalue weighted by Gasteiger charge is 2.08. The number of hydrogen-bond acceptors (Lipinski definition) is 4. The second-order valence-corrected chi connectivity index (χ2v) is 4.70. The Hall–Kier alpha value is -0.360. The zero-order valence-corrected chi connectivity index (χ0v) is 11.5. The molecule has 102 valence electrons. The van der Waals surface area contributed by atoms with Crippen molar-refractivity contribution in [3.05, 3.63) is 33.8 Å². The number of aliphatic hydroxyl groups excluding tert-OH is 2. The van der Waals surface area contributed by atoms with Crippen molar-refractivity contribution in [2.24, 2.45) is 0 Å². The Bertz CT molecular complexity index is 353. The highest BCUT2D eigenvalue weighted by Crippen LogP contribution is 2.19. The van der Waals surface area contributed by atoms with Gasteiger partial charge >= 0.3 is 0 Å². The fraction of sp³-hybridized carbons (Fsp3) is 0.500. The Morgan fingerprint density at radius 3 is 2.33 bits per heavy atom. The molecule has 0 spiro atoms. The predicted molar refractivity (Wildman–Crippen MR) is 69.8 cm³/mol. The van der Waals surface area contributed by atoms with Crippen LogP contribution in [-0.2, 0) is 16.1 Å². The van der Waals surface area contributed by atoms with E-state index in [1.165, 1.54) is 0 Å². The Balaban J connectivity index is 2.35. The highest BCUT2D eigenvalue weighted by atomic mass is 35.5. The average Bonchev–Trinajstić information content (AvgIpc) is 2.32. The summed E-state index contributed by atoms with van der Waals surface area (Å²) in [6, 6.07) is 5.15. The van der Waals surface area contributed by atoms with Crippen LogP contribution in [0.2, 0.25) is 10.0 Å². The quantitative estimate of drug-likeness (QED) is 0.757. The molecule has 2 N–H and O–H groups in total. The van der Waals surface area contributed by atoms with Crippen molar-refractivity contribution in [2.75, 3.05) is 13.2 Å². The molecule has 0 aliphatic carbocycles. The van der Waals surface area contributed by atoms with Crippen molar-refractivity contribution in [2.45, 2.75) is 25.9 Å². The number of aliphatic hydroxyl groups is 2. The summed E-state index contributed by atoms with van der Waals surface area (Å²) >= 11 is 11.7. The molecule has 0 saturated carbocycles. The molecule has 0 amide bonds. The first kappa shape index (κ1) is 15.7. The van der Waals surface area contributed by atoms with Gasteiger partial charge in [-0.1, -0.05) is 23.2 Å². The van der Waals surface area contributed by atoms with Gasteiger partial charge in [0, 0.05) is 10.0 Å². The molecule has 0 heterocycles. The first-order valence-corrected chi connectivity index (χ1v) is 6.24. The van der Waals surface area contributed by atoms with E-state index in [0.29, 0.717) is 16.7 Å². The molecule has 1 rings (SSSR count). The van der Waals surface area contributed by atoms with Gasteiger partial charge in [0.15, 0.2) is 6.29 Å². The van der Waals surface area contributed by atoms with E-state index in [2.05, 4.69) is 0 Å². The maximum absolute atomic E-state index is 9.10. The second-order valence-electron chi connectivity index (χ2n) is 3.83. The average molecular weight is 295 g/mol. The molecule has 2 atom stereocenters. The van der Waals surface area contributed by atoms with E-state index >= 15 is 0 Å². The van der Waals surface area contributed by atoms with Crippen LogP contribution >= 0.6 is 23.2 Å². The van der Waals surface area contributed by atoms with E-state index < -0.39 is 12.4 Å². The molecule has 18 heavy (non-hydrogen) atoms. The third-order valence-electron chi connectivity index (χ3n) is 2.14. The van der Waals surface area contributed by atoms with Crippen LogP contribution in [0.25, 0.3) is 0 Å². The van der Waals surface area contributed by atoms with Crippen LogP contribution in [0.5, 0.6) is 0 Å². The van der Waals surface area contributed by atoms with Gasteiger partial charge in [0.05, 0.1) is 19.8 Å². The van der Waals surface area contributed by atoms with Crippen LogP contribution in [0.3, 0.4) is 0 Å². The van der Waals surface area contributed by atoms with Gasteiger partial charge in [0.25, 0.3) is 0 Å². The van der Waals surface area contributed by atoms with Gasteiger partial charge in [0.2, 0.25) is 0 Å². The standard InChI is InChI=1S/C12H16Cl2O4/c1-8(18-7-12(16)5-15)17-6-9-2-10(13)4-11(14)3-9/h2-4,8,12,15-16H,5-7H2,1H3. The molecule has 2 unspecified atom stereocenters. The fourth-order valence-electron chi connectivity index (χ4n) is 1.26. The van der Waals surface area contributed by atoms with E-state index in [1.54, 1.807) is 25.1 Å². The Morgan fingerprint density at radius 2 is 1.78 bits per heavy atom. The Kier molecular flexibility index (Phi) is 6.92. The third-order valence-corrected chi connectivity index (χ3v) is 2.58. The minimum atomic E-state index is -0.892. The molecule has 6 heteroatoms. The SMILES string of the molecule is CC(OCc1cc(Cl)cc(Cl)c1)OCC(O)CO. The number of hydrogen-bond donors (Lipinski definition) is 2. The fourth-order valence-corrected chi connectivity index (χ4v) is 1.83. The zero-order valence-electron chi connectivity index (χ0n) is 9.97. The summed E-state index contributed by atoms with van der Waals surface area (Å²) in [5, 5.41) is 18.8. The van der Waals surface area contributed by atoms with E-state index in [1.807, 2.05) is 0 Å². The summed E-state index contributed by atoms with van der Waals surface area (Å²) in [6.07, 6.45) is -1.39. The number of rotatable bonds is 7. The maximum Gasteiger partial charge on any atom is 0.155 e. The van der Waals surface area contributed by atoms with Gasteiger partial charge < -0.3 is 19.7 Å². The summed E-state index contributed by atoms with van der Waals surface area (Å²) in [7, 11) is 0. The van der Waals surface area contributed by atoms with Gasteiger partial charge in [-0.15, -0.1) is 0 Å². The van der Waals surface area contributed by atoms with Crippen LogP contribution in [0.15, 0.2) is 18.2 Å². The molecule has 1 aromatic carbocycles. The molecule has 0 aliphatic heterocycles. The summed E-state index contributed by atoms with van der Waals surface area (Å²) in [4.78, 5) is 0. The zero-order chi connectivity index (χ0) is 13.5. The lowest BCUT2D eigenvalue weighted by Crippen LogP contribution is -2.24. The predicted octanol–water partition coefficient (Wildman–Crippen LogP) is 2.23. The van der Waals surface area contributed by atoms with Crippen molar-refractivity contribution in [1.29, 1.82) is 0 Å². The molecule has 0 saturated heterocycles. The number of ether oxygens (including phenoxy) is 2. The summed E-state index contributed by atoms with van der Waals surface area (Å²) in [5.74, 6) is 0. The molecule has 0 bridgehead atoms. The molecule has 0 fully saturated rings. The smallest absolute Gasteiger partial charge is 0.155 e. The Labute approximate surface area is 116 Å². The summed E-state index contributed by atoms with van der Waals surface area (Å²) in [6.45, 7) is 1.69. The van der Waals surface area contributed by atoms with Crippen molar-refractivity contribution < 1.29 is 19.7 Å². The van der Waals surface area contributed by atoms with Crippen molar-refractivity contribution >= 4 is 23.2 Å². The molecular weight excluding hydrogens is 279 g/mol. The monoisotopic (exact) mass is 294 g/mol. The molecule has 4 nitrogen and oxygen atoms in total. The lowest BCUT2D eigenvalue weighted by molar-refractivity contribution is -0.156. The van der Waals surface area contributed by atoms with Crippen LogP contribution in [0.1, 0.15) is 12.5 Å². The molecule has 0 aromatic heterocycles. The van der Waals surface area contributed by atoms with Crippen LogP contribution < -0.4 is 0 Å². The van der Waals surface area contributed by atoms with Gasteiger partial charge in [-0.3, -0.25) is 0 Å². The minimum absolute atomic E-state index is 0.0218. The van der Waals surface area contributed by atoms with E-state index in [9.17, 15) is 0 Å². The van der Waals surface area contributed by atoms with Gasteiger partial charge in [0.1, 0.15) is 6.10 Å². The third kappa shape index (κ3) is 6.00. The molecule has 1 aromatic rings. The van der Waals surface area contributed by atoms with Gasteiger partial charge in [-0.05, 0) is 30.7 Å². The van der Waals surface area contributed by atoms with E-state index in [-0.39, 0.29) is 13.2 Å². The van der Waals surface area contributed by atoms with E-state index in [0.717, 1.165) is 5.56 Å². The highest BCUT2D eigenvalue weighted by molar-refractivity contribution is 6.34. The Morgan fingerprint density at radius 1 is 1.17 bits per heavy atom. The number of halogens is 2. The summed E-state index contributed by atoms with van der Waals surface area (Å²) < 4.78 is 10.6. The molecule has 0 aliphatic rings. The first-order chi connectivity index (χ1) is 8.51. The van der Waals surface area contributed by atoms with E-state index in [4.69, 9.17) is 42.9 Å². The van der Waals surface area contributed by atoms with Crippen LogP contribution in [0.4, 0.5) is 0 Å². The summed E-state index contributed by atoms with van der Waals surface area (Å²) in [5.41, 5.74) is 0.839. The van der Waals surface area contributed by atoms with Crippen molar-refractivity contribution in [1.82, 2.24) is 0 Å². The van der Waals surface area contributed by atoms with Crippen molar-refractivity contribution in [3.8, 4) is 0 Å². The lowest BCUT2D eigenvalue weighted by atomic mass is 10.2. The van der Waals surface area contributed by atoms with Crippen LogP contribution in [-0.4, -0.2) is 35.8 Å². The second kappa shape index (κ2) is 7.94. The topological polar surface area (TPSA) is 58.9 Å². The maximum atomic E-state index is 9.10. The van der Waals surface area contributed by atoms with Gasteiger partial charge in [-0.2, -0.15) is 0 Å². The van der Waals surface area contributed by atoms with Gasteiger partial charge in [-0.25, -0.2) is 0 Å². The molecular formula is C12H16Cl2O4. The van der Waals surface area contributed by atoms with Crippen LogP contribution in [0, 0.1) is 0 Å². The lowest BCUT2D eigenvalue weighted by Gasteiger charge is -2.16. The van der Waals surface area contributed by atoms with Crippen molar-refractivity contribution in [3.63, 3.8) is 0 Å². The normalized spacial score (nSPS) is 14.5. The first-order valence-electron chi connectivity index (χ1n) is 5.48.